The zero-order chi connectivity index (χ0) is 23.5. The molecule has 3 aromatic rings. The van der Waals surface area contributed by atoms with Crippen LogP contribution in [0.2, 0.25) is 0 Å². The van der Waals surface area contributed by atoms with Crippen molar-refractivity contribution >= 4 is 11.4 Å². The number of benzene rings is 3. The van der Waals surface area contributed by atoms with Gasteiger partial charge in [0.2, 0.25) is 0 Å². The van der Waals surface area contributed by atoms with Crippen LogP contribution in [0.4, 0.5) is 11.4 Å². The number of fused-ring (bicyclic) bond motifs is 3. The number of rotatable bonds is 4. The maximum atomic E-state index is 3.93. The Morgan fingerprint density at radius 2 is 1.38 bits per heavy atom. The summed E-state index contributed by atoms with van der Waals surface area (Å²) in [5.74, 6) is 2.56. The van der Waals surface area contributed by atoms with Crippen LogP contribution in [0.1, 0.15) is 88.8 Å². The molecular weight excluding hydrogens is 410 g/mol. The summed E-state index contributed by atoms with van der Waals surface area (Å²) in [4.78, 5) is 0. The van der Waals surface area contributed by atoms with Crippen LogP contribution in [0.15, 0.2) is 66.7 Å². The van der Waals surface area contributed by atoms with E-state index in [4.69, 9.17) is 0 Å². The predicted octanol–water partition coefficient (Wildman–Crippen LogP) is 9.35. The van der Waals surface area contributed by atoms with Gasteiger partial charge in [-0.3, -0.25) is 0 Å². The first-order valence-electron chi connectivity index (χ1n) is 13.4. The third kappa shape index (κ3) is 3.60. The molecule has 1 heteroatoms. The topological polar surface area (TPSA) is 12.0 Å². The average molecular weight is 450 g/mol. The molecule has 6 rings (SSSR count). The van der Waals surface area contributed by atoms with E-state index in [1.807, 2.05) is 0 Å². The molecule has 2 fully saturated rings. The number of hydrogen-bond acceptors (Lipinski definition) is 1. The van der Waals surface area contributed by atoms with E-state index in [1.165, 1.54) is 72.2 Å². The Morgan fingerprint density at radius 1 is 0.676 bits per heavy atom. The molecule has 0 amide bonds. The smallest absolute Gasteiger partial charge is 0.0464 e. The average Bonchev–Trinajstić information content (AvgIpc) is 3.47. The molecule has 3 aliphatic rings. The lowest BCUT2D eigenvalue weighted by Crippen LogP contribution is -2.34. The Morgan fingerprint density at radius 3 is 2.15 bits per heavy atom. The van der Waals surface area contributed by atoms with E-state index in [0.717, 1.165) is 17.8 Å². The zero-order valence-electron chi connectivity index (χ0n) is 21.3. The molecule has 0 spiro atoms. The van der Waals surface area contributed by atoms with Crippen molar-refractivity contribution in [1.29, 1.82) is 0 Å². The maximum absolute atomic E-state index is 3.93. The van der Waals surface area contributed by atoms with Crippen LogP contribution in [-0.2, 0) is 10.8 Å². The van der Waals surface area contributed by atoms with E-state index in [-0.39, 0.29) is 10.8 Å². The maximum Gasteiger partial charge on any atom is 0.0464 e. The molecule has 0 aliphatic heterocycles. The monoisotopic (exact) mass is 449 g/mol. The lowest BCUT2D eigenvalue weighted by molar-refractivity contribution is 0.333. The molecular formula is C33H39N. The number of anilines is 2. The second-order valence-corrected chi connectivity index (χ2v) is 12.5. The molecule has 34 heavy (non-hydrogen) atoms. The van der Waals surface area contributed by atoms with Crippen LogP contribution in [-0.4, -0.2) is 0 Å². The fourth-order valence-electron chi connectivity index (χ4n) is 7.49. The second-order valence-electron chi connectivity index (χ2n) is 12.5. The molecule has 176 valence electrons. The fourth-order valence-corrected chi connectivity index (χ4v) is 7.49. The molecule has 3 atom stereocenters. The van der Waals surface area contributed by atoms with Gasteiger partial charge in [0.05, 0.1) is 0 Å². The Hall–Kier alpha value is -2.54. The van der Waals surface area contributed by atoms with E-state index in [9.17, 15) is 0 Å². The summed E-state index contributed by atoms with van der Waals surface area (Å²) in [7, 11) is 0. The van der Waals surface area contributed by atoms with Crippen molar-refractivity contribution in [1.82, 2.24) is 0 Å². The molecule has 0 radical (unpaired) electrons. The molecule has 1 N–H and O–H groups in total. The fraction of sp³-hybridized carbons (Fsp3) is 0.455. The summed E-state index contributed by atoms with van der Waals surface area (Å²) >= 11 is 0. The van der Waals surface area contributed by atoms with Gasteiger partial charge in [0.25, 0.3) is 0 Å². The Kier molecular flexibility index (Phi) is 5.17. The highest BCUT2D eigenvalue weighted by atomic mass is 14.9. The van der Waals surface area contributed by atoms with E-state index in [1.54, 1.807) is 5.56 Å². The van der Waals surface area contributed by atoms with Crippen LogP contribution >= 0.6 is 0 Å². The highest BCUT2D eigenvalue weighted by Gasteiger charge is 2.41. The van der Waals surface area contributed by atoms with Gasteiger partial charge in [-0.1, -0.05) is 88.7 Å². The van der Waals surface area contributed by atoms with Gasteiger partial charge in [-0.2, -0.15) is 0 Å². The van der Waals surface area contributed by atoms with Crippen molar-refractivity contribution in [3.8, 4) is 11.1 Å². The summed E-state index contributed by atoms with van der Waals surface area (Å²) in [5, 5.41) is 3.93. The Bertz CT molecular complexity index is 1220. The summed E-state index contributed by atoms with van der Waals surface area (Å²) in [6.45, 7) is 9.71. The van der Waals surface area contributed by atoms with Crippen molar-refractivity contribution in [2.24, 2.45) is 11.8 Å². The minimum Gasteiger partial charge on any atom is -0.355 e. The molecule has 2 saturated carbocycles. The van der Waals surface area contributed by atoms with E-state index < -0.39 is 0 Å². The van der Waals surface area contributed by atoms with Crippen LogP contribution in [0.3, 0.4) is 0 Å². The largest absolute Gasteiger partial charge is 0.355 e. The Labute approximate surface area is 206 Å². The van der Waals surface area contributed by atoms with Crippen molar-refractivity contribution in [2.45, 2.75) is 83.0 Å². The highest BCUT2D eigenvalue weighted by molar-refractivity contribution is 5.84. The lowest BCUT2D eigenvalue weighted by Gasteiger charge is -2.43. The summed E-state index contributed by atoms with van der Waals surface area (Å²) in [6.07, 6.45) is 8.16. The second kappa shape index (κ2) is 8.01. The summed E-state index contributed by atoms with van der Waals surface area (Å²) in [6, 6.07) is 25.1. The SMILES string of the molecule is CC1(C)CCC(C)(C)c2c(-c3ccccc3Nc3ccccc3C3CC4CCC3C4)cccc21. The van der Waals surface area contributed by atoms with Gasteiger partial charge < -0.3 is 5.32 Å². The van der Waals surface area contributed by atoms with Crippen LogP contribution < -0.4 is 5.32 Å². The molecule has 2 bridgehead atoms. The van der Waals surface area contributed by atoms with Gasteiger partial charge in [-0.15, -0.1) is 0 Å². The summed E-state index contributed by atoms with van der Waals surface area (Å²) < 4.78 is 0. The minimum absolute atomic E-state index is 0.176. The molecule has 3 aliphatic carbocycles. The molecule has 3 unspecified atom stereocenters. The molecule has 0 aromatic heterocycles. The number of para-hydroxylation sites is 2. The van der Waals surface area contributed by atoms with Crippen LogP contribution in [0, 0.1) is 11.8 Å². The zero-order valence-corrected chi connectivity index (χ0v) is 21.3. The normalized spacial score (nSPS) is 26.3. The Balaban J connectivity index is 1.43. The van der Waals surface area contributed by atoms with Crippen molar-refractivity contribution < 1.29 is 0 Å². The van der Waals surface area contributed by atoms with Crippen LogP contribution in [0.5, 0.6) is 0 Å². The van der Waals surface area contributed by atoms with Gasteiger partial charge in [-0.25, -0.2) is 0 Å². The van der Waals surface area contributed by atoms with Gasteiger partial charge in [0.15, 0.2) is 0 Å². The van der Waals surface area contributed by atoms with Crippen molar-refractivity contribution in [3.05, 3.63) is 83.4 Å². The molecule has 3 aromatic carbocycles. The predicted molar refractivity (Wildman–Crippen MR) is 145 cm³/mol. The molecule has 1 nitrogen and oxygen atoms in total. The van der Waals surface area contributed by atoms with E-state index >= 15 is 0 Å². The van der Waals surface area contributed by atoms with Gasteiger partial charge in [0.1, 0.15) is 0 Å². The van der Waals surface area contributed by atoms with Gasteiger partial charge in [0, 0.05) is 16.9 Å². The summed E-state index contributed by atoms with van der Waals surface area (Å²) in [5.41, 5.74) is 10.3. The number of hydrogen-bond donors (Lipinski definition) is 1. The minimum atomic E-state index is 0.176. The van der Waals surface area contributed by atoms with E-state index in [2.05, 4.69) is 99.7 Å². The standard InChI is InChI=1S/C33H39N/c1-32(2)18-19-33(3,4)31-26(12-9-13-28(31)32)24-10-5-7-14-29(24)34-30-15-8-6-11-25(30)27-21-22-16-17-23(27)20-22/h5-15,22-23,27,34H,16-21H2,1-4H3. The van der Waals surface area contributed by atoms with E-state index in [0.29, 0.717) is 0 Å². The molecule has 0 heterocycles. The first-order valence-corrected chi connectivity index (χ1v) is 13.4. The van der Waals surface area contributed by atoms with Gasteiger partial charge in [-0.05, 0) is 95.1 Å². The van der Waals surface area contributed by atoms with Crippen molar-refractivity contribution in [2.75, 3.05) is 5.32 Å². The van der Waals surface area contributed by atoms with Gasteiger partial charge >= 0.3 is 0 Å². The third-order valence-corrected chi connectivity index (χ3v) is 9.43. The number of nitrogens with one attached hydrogen (secondary N) is 1. The highest BCUT2D eigenvalue weighted by Crippen LogP contribution is 2.55. The molecule has 0 saturated heterocycles. The lowest BCUT2D eigenvalue weighted by atomic mass is 9.61. The quantitative estimate of drug-likeness (QED) is 0.418. The first-order chi connectivity index (χ1) is 16.3. The van der Waals surface area contributed by atoms with Crippen LogP contribution in [0.25, 0.3) is 11.1 Å². The third-order valence-electron chi connectivity index (χ3n) is 9.43. The van der Waals surface area contributed by atoms with Crippen molar-refractivity contribution in [3.63, 3.8) is 0 Å². The first kappa shape index (κ1) is 22.0.